The van der Waals surface area contributed by atoms with Crippen molar-refractivity contribution in [2.24, 2.45) is 0 Å². The lowest BCUT2D eigenvalue weighted by molar-refractivity contribution is 0.107. The normalized spacial score (nSPS) is 20.6. The van der Waals surface area contributed by atoms with Gasteiger partial charge in [0.25, 0.3) is 0 Å². The quantitative estimate of drug-likeness (QED) is 0.720. The molecule has 0 radical (unpaired) electrons. The maximum Gasteiger partial charge on any atom is 0.140 e. The summed E-state index contributed by atoms with van der Waals surface area (Å²) in [5.41, 5.74) is 3.67. The number of rotatable bonds is 1. The zero-order chi connectivity index (χ0) is 11.5. The third kappa shape index (κ3) is 2.02. The molecular formula is C13H16N2O. The number of hydrogen-bond acceptors (Lipinski definition) is 3. The Balaban J connectivity index is 2.28. The van der Waals surface area contributed by atoms with Gasteiger partial charge in [-0.05, 0) is 37.1 Å². The molecule has 0 bridgehead atoms. The van der Waals surface area contributed by atoms with Crippen LogP contribution in [-0.2, 0) is 4.74 Å². The molecule has 0 spiro atoms. The fraction of sp³-hybridized carbons (Fsp3) is 0.462. The van der Waals surface area contributed by atoms with Crippen LogP contribution in [0.25, 0.3) is 0 Å². The second kappa shape index (κ2) is 4.54. The monoisotopic (exact) mass is 216 g/mol. The maximum absolute atomic E-state index is 9.07. The van der Waals surface area contributed by atoms with Gasteiger partial charge in [-0.3, -0.25) is 0 Å². The molecule has 1 aliphatic heterocycles. The number of hydrogen-bond donors (Lipinski definition) is 0. The molecule has 0 aromatic heterocycles. The number of ether oxygens (including phenoxy) is 1. The number of nitrogens with zero attached hydrogens (tertiary/aromatic N) is 2. The lowest BCUT2D eigenvalue weighted by Crippen LogP contribution is -2.44. The Bertz CT molecular complexity index is 422. The van der Waals surface area contributed by atoms with Gasteiger partial charge in [0.2, 0.25) is 0 Å². The van der Waals surface area contributed by atoms with Gasteiger partial charge in [-0.15, -0.1) is 0 Å². The molecule has 0 N–H and O–H groups in total. The summed E-state index contributed by atoms with van der Waals surface area (Å²) in [6, 6.07) is 8.46. The van der Waals surface area contributed by atoms with Crippen LogP contribution in [0.5, 0.6) is 0 Å². The highest BCUT2D eigenvalue weighted by molar-refractivity contribution is 5.52. The molecule has 1 atom stereocenters. The Morgan fingerprint density at radius 1 is 1.38 bits per heavy atom. The van der Waals surface area contributed by atoms with E-state index in [1.165, 1.54) is 11.1 Å². The van der Waals surface area contributed by atoms with Crippen molar-refractivity contribution in [3.8, 4) is 6.07 Å². The molecule has 1 fully saturated rings. The van der Waals surface area contributed by atoms with Gasteiger partial charge in [-0.1, -0.05) is 6.07 Å². The van der Waals surface area contributed by atoms with E-state index in [0.29, 0.717) is 13.2 Å². The summed E-state index contributed by atoms with van der Waals surface area (Å²) in [6.07, 6.45) is 0. The van der Waals surface area contributed by atoms with Gasteiger partial charge in [-0.25, -0.2) is 0 Å². The number of aryl methyl sites for hydroxylation is 2. The minimum Gasteiger partial charge on any atom is -0.376 e. The minimum atomic E-state index is -0.157. The number of morpholine rings is 1. The van der Waals surface area contributed by atoms with Gasteiger partial charge >= 0.3 is 0 Å². The fourth-order valence-corrected chi connectivity index (χ4v) is 1.92. The summed E-state index contributed by atoms with van der Waals surface area (Å²) in [6.45, 7) is 6.19. The highest BCUT2D eigenvalue weighted by Crippen LogP contribution is 2.22. The molecular weight excluding hydrogens is 200 g/mol. The second-order valence-electron chi connectivity index (χ2n) is 4.18. The number of benzene rings is 1. The van der Waals surface area contributed by atoms with Crippen molar-refractivity contribution >= 4 is 5.69 Å². The van der Waals surface area contributed by atoms with E-state index in [1.54, 1.807) is 0 Å². The molecule has 0 saturated carbocycles. The highest BCUT2D eigenvalue weighted by Gasteiger charge is 2.22. The third-order valence-electron chi connectivity index (χ3n) is 3.10. The minimum absolute atomic E-state index is 0.157. The molecule has 3 nitrogen and oxygen atoms in total. The van der Waals surface area contributed by atoms with Gasteiger partial charge in [0.15, 0.2) is 0 Å². The first-order valence-electron chi connectivity index (χ1n) is 5.53. The largest absolute Gasteiger partial charge is 0.376 e. The van der Waals surface area contributed by atoms with Gasteiger partial charge in [0, 0.05) is 12.2 Å². The Labute approximate surface area is 96.2 Å². The maximum atomic E-state index is 9.07. The lowest BCUT2D eigenvalue weighted by atomic mass is 10.1. The molecule has 0 aliphatic carbocycles. The van der Waals surface area contributed by atoms with E-state index < -0.39 is 0 Å². The molecule has 16 heavy (non-hydrogen) atoms. The Morgan fingerprint density at radius 2 is 2.19 bits per heavy atom. The van der Waals surface area contributed by atoms with E-state index in [4.69, 9.17) is 10.00 Å². The summed E-state index contributed by atoms with van der Waals surface area (Å²) >= 11 is 0. The molecule has 3 heteroatoms. The lowest BCUT2D eigenvalue weighted by Gasteiger charge is -2.33. The second-order valence-corrected chi connectivity index (χ2v) is 4.18. The van der Waals surface area contributed by atoms with Crippen molar-refractivity contribution < 1.29 is 4.74 Å². The van der Waals surface area contributed by atoms with E-state index >= 15 is 0 Å². The number of anilines is 1. The van der Waals surface area contributed by atoms with Crippen molar-refractivity contribution in [2.45, 2.75) is 19.9 Å². The Hall–Kier alpha value is -1.53. The van der Waals surface area contributed by atoms with Crippen LogP contribution in [0.15, 0.2) is 18.2 Å². The van der Waals surface area contributed by atoms with Gasteiger partial charge < -0.3 is 9.64 Å². The van der Waals surface area contributed by atoms with E-state index in [-0.39, 0.29) is 6.04 Å². The molecule has 1 aromatic carbocycles. The summed E-state index contributed by atoms with van der Waals surface area (Å²) in [7, 11) is 0. The molecule has 1 saturated heterocycles. The Morgan fingerprint density at radius 3 is 2.88 bits per heavy atom. The third-order valence-corrected chi connectivity index (χ3v) is 3.10. The van der Waals surface area contributed by atoms with Crippen LogP contribution in [-0.4, -0.2) is 25.8 Å². The predicted octanol–water partition coefficient (Wildman–Crippen LogP) is 2.03. The SMILES string of the molecule is Cc1ccc(N2CCOCC2C#N)cc1C. The van der Waals surface area contributed by atoms with Gasteiger partial charge in [0.05, 0.1) is 19.3 Å². The highest BCUT2D eigenvalue weighted by atomic mass is 16.5. The topological polar surface area (TPSA) is 36.3 Å². The molecule has 1 aliphatic rings. The average molecular weight is 216 g/mol. The summed E-state index contributed by atoms with van der Waals surface area (Å²) < 4.78 is 5.31. The summed E-state index contributed by atoms with van der Waals surface area (Å²) in [5, 5.41) is 9.07. The van der Waals surface area contributed by atoms with Crippen molar-refractivity contribution in [1.82, 2.24) is 0 Å². The summed E-state index contributed by atoms with van der Waals surface area (Å²) in [5.74, 6) is 0. The first-order valence-corrected chi connectivity index (χ1v) is 5.53. The molecule has 1 unspecified atom stereocenters. The molecule has 2 rings (SSSR count). The smallest absolute Gasteiger partial charge is 0.140 e. The van der Waals surface area contributed by atoms with E-state index in [2.05, 4.69) is 43.0 Å². The first-order chi connectivity index (χ1) is 7.72. The van der Waals surface area contributed by atoms with Crippen LogP contribution in [0.3, 0.4) is 0 Å². The van der Waals surface area contributed by atoms with Crippen molar-refractivity contribution in [1.29, 1.82) is 5.26 Å². The van der Waals surface area contributed by atoms with Crippen LogP contribution >= 0.6 is 0 Å². The standard InChI is InChI=1S/C13H16N2O/c1-10-3-4-12(7-11(10)2)15-5-6-16-9-13(15)8-14/h3-4,7,13H,5-6,9H2,1-2H3. The average Bonchev–Trinajstić information content (AvgIpc) is 2.32. The van der Waals surface area contributed by atoms with E-state index in [0.717, 1.165) is 12.2 Å². The van der Waals surface area contributed by atoms with Gasteiger partial charge in [-0.2, -0.15) is 5.26 Å². The fourth-order valence-electron chi connectivity index (χ4n) is 1.92. The zero-order valence-corrected chi connectivity index (χ0v) is 9.73. The van der Waals surface area contributed by atoms with Crippen LogP contribution in [0, 0.1) is 25.2 Å². The van der Waals surface area contributed by atoms with Crippen molar-refractivity contribution in [3.63, 3.8) is 0 Å². The van der Waals surface area contributed by atoms with Crippen LogP contribution in [0.4, 0.5) is 5.69 Å². The van der Waals surface area contributed by atoms with E-state index in [9.17, 15) is 0 Å². The van der Waals surface area contributed by atoms with Crippen LogP contribution in [0.1, 0.15) is 11.1 Å². The van der Waals surface area contributed by atoms with Crippen molar-refractivity contribution in [3.05, 3.63) is 29.3 Å². The summed E-state index contributed by atoms with van der Waals surface area (Å²) in [4.78, 5) is 2.12. The Kier molecular flexibility index (Phi) is 3.12. The molecule has 1 heterocycles. The first kappa shape index (κ1) is 11.0. The molecule has 0 amide bonds. The predicted molar refractivity (Wildman–Crippen MR) is 63.5 cm³/mol. The number of nitriles is 1. The van der Waals surface area contributed by atoms with Crippen LogP contribution < -0.4 is 4.90 Å². The zero-order valence-electron chi connectivity index (χ0n) is 9.73. The molecule has 1 aromatic rings. The van der Waals surface area contributed by atoms with Gasteiger partial charge in [0.1, 0.15) is 6.04 Å². The van der Waals surface area contributed by atoms with Crippen molar-refractivity contribution in [2.75, 3.05) is 24.7 Å². The molecule has 84 valence electrons. The van der Waals surface area contributed by atoms with Crippen LogP contribution in [0.2, 0.25) is 0 Å². The van der Waals surface area contributed by atoms with E-state index in [1.807, 2.05) is 0 Å².